The Morgan fingerprint density at radius 2 is 2.24 bits per heavy atom. The third kappa shape index (κ3) is 1.47. The Hall–Kier alpha value is -1.42. The van der Waals surface area contributed by atoms with Gasteiger partial charge in [0.25, 0.3) is 0 Å². The number of hydrogen-bond acceptors (Lipinski definition) is 2. The van der Waals surface area contributed by atoms with Crippen molar-refractivity contribution in [1.82, 2.24) is 9.55 Å². The van der Waals surface area contributed by atoms with Gasteiger partial charge < -0.3 is 10.3 Å². The average Bonchev–Trinajstić information content (AvgIpc) is 3.04. The van der Waals surface area contributed by atoms with Crippen LogP contribution in [0.3, 0.4) is 0 Å². The number of aromatic nitrogens is 2. The standard InChI is InChI=1S/C13H16FN3/c1-2-17-11-4-3-9(14)7-10(11)16-12(17)13(8-15)5-6-13/h3-4,7H,2,5-6,8,15H2,1H3. The largest absolute Gasteiger partial charge is 0.329 e. The fourth-order valence-electron chi connectivity index (χ4n) is 2.50. The molecule has 17 heavy (non-hydrogen) atoms. The van der Waals surface area contributed by atoms with E-state index in [0.29, 0.717) is 6.54 Å². The molecule has 1 aliphatic rings. The molecule has 1 saturated carbocycles. The normalized spacial score (nSPS) is 17.6. The van der Waals surface area contributed by atoms with Crippen LogP contribution in [-0.2, 0) is 12.0 Å². The highest BCUT2D eigenvalue weighted by molar-refractivity contribution is 5.76. The van der Waals surface area contributed by atoms with E-state index in [1.165, 1.54) is 12.1 Å². The Morgan fingerprint density at radius 3 is 2.82 bits per heavy atom. The van der Waals surface area contributed by atoms with Gasteiger partial charge >= 0.3 is 0 Å². The van der Waals surface area contributed by atoms with Gasteiger partial charge in [-0.3, -0.25) is 0 Å². The number of hydrogen-bond donors (Lipinski definition) is 1. The summed E-state index contributed by atoms with van der Waals surface area (Å²) in [6.07, 6.45) is 2.19. The van der Waals surface area contributed by atoms with Crippen molar-refractivity contribution in [3.8, 4) is 0 Å². The zero-order chi connectivity index (χ0) is 12.0. The minimum absolute atomic E-state index is 0.0471. The van der Waals surface area contributed by atoms with Crippen LogP contribution < -0.4 is 5.73 Å². The highest BCUT2D eigenvalue weighted by Crippen LogP contribution is 2.47. The minimum atomic E-state index is -0.234. The van der Waals surface area contributed by atoms with Crippen LogP contribution >= 0.6 is 0 Å². The molecule has 3 rings (SSSR count). The number of nitrogens with zero attached hydrogens (tertiary/aromatic N) is 2. The van der Waals surface area contributed by atoms with Crippen LogP contribution in [0.5, 0.6) is 0 Å². The average molecular weight is 233 g/mol. The first kappa shape index (κ1) is 10.7. The molecule has 0 unspecified atom stereocenters. The molecule has 2 aromatic rings. The number of imidazole rings is 1. The smallest absolute Gasteiger partial charge is 0.125 e. The number of halogens is 1. The second-order valence-electron chi connectivity index (χ2n) is 4.80. The lowest BCUT2D eigenvalue weighted by molar-refractivity contribution is 0.593. The molecular formula is C13H16FN3. The molecule has 3 nitrogen and oxygen atoms in total. The fourth-order valence-corrected chi connectivity index (χ4v) is 2.50. The molecule has 1 heterocycles. The van der Waals surface area contributed by atoms with E-state index in [0.717, 1.165) is 36.2 Å². The first-order chi connectivity index (χ1) is 8.20. The van der Waals surface area contributed by atoms with Crippen LogP contribution in [0.15, 0.2) is 18.2 Å². The van der Waals surface area contributed by atoms with E-state index in [-0.39, 0.29) is 11.2 Å². The molecular weight excluding hydrogens is 217 g/mol. The monoisotopic (exact) mass is 233 g/mol. The van der Waals surface area contributed by atoms with Gasteiger partial charge in [0.2, 0.25) is 0 Å². The van der Waals surface area contributed by atoms with Gasteiger partial charge in [0.05, 0.1) is 11.0 Å². The molecule has 4 heteroatoms. The third-order valence-corrected chi connectivity index (χ3v) is 3.75. The van der Waals surface area contributed by atoms with Crippen molar-refractivity contribution >= 4 is 11.0 Å². The summed E-state index contributed by atoms with van der Waals surface area (Å²) in [6, 6.07) is 4.79. The summed E-state index contributed by atoms with van der Waals surface area (Å²) in [5.41, 5.74) is 7.64. The SMILES string of the molecule is CCn1c(C2(CN)CC2)nc2cc(F)ccc21. The van der Waals surface area contributed by atoms with Gasteiger partial charge in [0.15, 0.2) is 0 Å². The summed E-state index contributed by atoms with van der Waals surface area (Å²) >= 11 is 0. The molecule has 2 N–H and O–H groups in total. The highest BCUT2D eigenvalue weighted by Gasteiger charge is 2.46. The maximum absolute atomic E-state index is 13.2. The van der Waals surface area contributed by atoms with Crippen LogP contribution in [0, 0.1) is 5.82 Å². The molecule has 0 bridgehead atoms. The van der Waals surface area contributed by atoms with Crippen LogP contribution in [0.1, 0.15) is 25.6 Å². The van der Waals surface area contributed by atoms with E-state index in [1.54, 1.807) is 6.07 Å². The molecule has 0 spiro atoms. The van der Waals surface area contributed by atoms with Crippen molar-refractivity contribution in [2.75, 3.05) is 6.54 Å². The molecule has 0 saturated heterocycles. The lowest BCUT2D eigenvalue weighted by atomic mass is 10.1. The number of rotatable bonds is 3. The Morgan fingerprint density at radius 1 is 1.47 bits per heavy atom. The van der Waals surface area contributed by atoms with Crippen molar-refractivity contribution in [3.63, 3.8) is 0 Å². The van der Waals surface area contributed by atoms with E-state index >= 15 is 0 Å². The summed E-state index contributed by atoms with van der Waals surface area (Å²) in [7, 11) is 0. The van der Waals surface area contributed by atoms with Crippen LogP contribution in [0.4, 0.5) is 4.39 Å². The van der Waals surface area contributed by atoms with Gasteiger partial charge in [0.1, 0.15) is 11.6 Å². The molecule has 1 aliphatic carbocycles. The predicted molar refractivity (Wildman–Crippen MR) is 65.3 cm³/mol. The van der Waals surface area contributed by atoms with Gasteiger partial charge in [-0.05, 0) is 31.9 Å². The molecule has 1 aromatic heterocycles. The Kier molecular flexibility index (Phi) is 2.23. The van der Waals surface area contributed by atoms with Crippen LogP contribution in [0.25, 0.3) is 11.0 Å². The molecule has 0 aliphatic heterocycles. The zero-order valence-corrected chi connectivity index (χ0v) is 9.91. The molecule has 0 radical (unpaired) electrons. The number of fused-ring (bicyclic) bond motifs is 1. The number of aryl methyl sites for hydroxylation is 1. The van der Waals surface area contributed by atoms with E-state index in [2.05, 4.69) is 16.5 Å². The zero-order valence-electron chi connectivity index (χ0n) is 9.91. The number of benzene rings is 1. The highest BCUT2D eigenvalue weighted by atomic mass is 19.1. The van der Waals surface area contributed by atoms with Crippen molar-refractivity contribution in [2.45, 2.75) is 31.7 Å². The molecule has 0 atom stereocenters. The van der Waals surface area contributed by atoms with Crippen LogP contribution in [-0.4, -0.2) is 16.1 Å². The van der Waals surface area contributed by atoms with Gasteiger partial charge in [-0.25, -0.2) is 9.37 Å². The fraction of sp³-hybridized carbons (Fsp3) is 0.462. The van der Waals surface area contributed by atoms with Gasteiger partial charge in [-0.15, -0.1) is 0 Å². The molecule has 1 aromatic carbocycles. The molecule has 0 amide bonds. The lowest BCUT2D eigenvalue weighted by Gasteiger charge is -2.13. The predicted octanol–water partition coefficient (Wildman–Crippen LogP) is 2.19. The van der Waals surface area contributed by atoms with Crippen molar-refractivity contribution in [3.05, 3.63) is 29.8 Å². The lowest BCUT2D eigenvalue weighted by Crippen LogP contribution is -2.24. The first-order valence-electron chi connectivity index (χ1n) is 6.06. The summed E-state index contributed by atoms with van der Waals surface area (Å²) in [6.45, 7) is 3.55. The van der Waals surface area contributed by atoms with E-state index in [1.807, 2.05) is 0 Å². The quantitative estimate of drug-likeness (QED) is 0.883. The summed E-state index contributed by atoms with van der Waals surface area (Å²) in [5.74, 6) is 0.797. The Balaban J connectivity index is 2.24. The topological polar surface area (TPSA) is 43.8 Å². The van der Waals surface area contributed by atoms with Gasteiger partial charge in [0, 0.05) is 24.6 Å². The Labute approximate surface area is 99.4 Å². The second kappa shape index (κ2) is 3.53. The molecule has 90 valence electrons. The van der Waals surface area contributed by atoms with E-state index < -0.39 is 0 Å². The maximum atomic E-state index is 13.2. The van der Waals surface area contributed by atoms with Crippen molar-refractivity contribution in [1.29, 1.82) is 0 Å². The summed E-state index contributed by atoms with van der Waals surface area (Å²) in [4.78, 5) is 4.59. The summed E-state index contributed by atoms with van der Waals surface area (Å²) < 4.78 is 15.4. The summed E-state index contributed by atoms with van der Waals surface area (Å²) in [5, 5.41) is 0. The van der Waals surface area contributed by atoms with E-state index in [9.17, 15) is 4.39 Å². The second-order valence-corrected chi connectivity index (χ2v) is 4.80. The van der Waals surface area contributed by atoms with Gasteiger partial charge in [-0.1, -0.05) is 0 Å². The molecule has 1 fully saturated rings. The van der Waals surface area contributed by atoms with Gasteiger partial charge in [-0.2, -0.15) is 0 Å². The Bertz CT molecular complexity index is 569. The van der Waals surface area contributed by atoms with Crippen molar-refractivity contribution < 1.29 is 4.39 Å². The van der Waals surface area contributed by atoms with Crippen LogP contribution in [0.2, 0.25) is 0 Å². The minimum Gasteiger partial charge on any atom is -0.329 e. The van der Waals surface area contributed by atoms with E-state index in [4.69, 9.17) is 5.73 Å². The van der Waals surface area contributed by atoms with Crippen molar-refractivity contribution in [2.24, 2.45) is 5.73 Å². The number of nitrogens with two attached hydrogens (primary N) is 1. The first-order valence-corrected chi connectivity index (χ1v) is 6.06. The third-order valence-electron chi connectivity index (χ3n) is 3.75. The maximum Gasteiger partial charge on any atom is 0.125 e.